The Hall–Kier alpha value is -2.01. The molecule has 0 aliphatic carbocycles. The molecule has 2 aromatic rings. The minimum absolute atomic E-state index is 0.163. The Morgan fingerprint density at radius 3 is 1.69 bits per heavy atom. The van der Waals surface area contributed by atoms with Crippen molar-refractivity contribution >= 4 is 41.1 Å². The van der Waals surface area contributed by atoms with E-state index in [2.05, 4.69) is 0 Å². The number of carbonyl (C=O) groups is 1. The van der Waals surface area contributed by atoms with Crippen LogP contribution in [0.4, 0.5) is 8.78 Å². The summed E-state index contributed by atoms with van der Waals surface area (Å²) in [7, 11) is 1.82. The highest BCUT2D eigenvalue weighted by atomic mass is 35.5. The van der Waals surface area contributed by atoms with Crippen LogP contribution in [0.3, 0.4) is 0 Å². The quantitative estimate of drug-likeness (QED) is 0.649. The molecule has 0 aromatic heterocycles. The van der Waals surface area contributed by atoms with Gasteiger partial charge in [0.25, 0.3) is 0 Å². The van der Waals surface area contributed by atoms with Gasteiger partial charge < -0.3 is 0 Å². The van der Waals surface area contributed by atoms with Gasteiger partial charge >= 0.3 is 0 Å². The minimum Gasteiger partial charge on any atom is -0.298 e. The molecule has 1 heterocycles. The van der Waals surface area contributed by atoms with Crippen molar-refractivity contribution in [3.63, 3.8) is 0 Å². The molecule has 2 aromatic carbocycles. The number of hydrogen-bond donors (Lipinski definition) is 0. The summed E-state index contributed by atoms with van der Waals surface area (Å²) in [6.45, 7) is 0.678. The Morgan fingerprint density at radius 1 is 0.885 bits per heavy atom. The number of halogens is 4. The minimum atomic E-state index is -0.506. The van der Waals surface area contributed by atoms with E-state index >= 15 is 0 Å². The van der Waals surface area contributed by atoms with Crippen molar-refractivity contribution in [1.29, 1.82) is 0 Å². The molecule has 0 atom stereocenters. The molecule has 0 saturated carbocycles. The summed E-state index contributed by atoms with van der Waals surface area (Å²) in [6.07, 6.45) is 2.90. The highest BCUT2D eigenvalue weighted by Crippen LogP contribution is 2.28. The number of piperidine rings is 1. The molecule has 2 nitrogen and oxygen atoms in total. The predicted octanol–water partition coefficient (Wildman–Crippen LogP) is 5.25. The fourth-order valence-electron chi connectivity index (χ4n) is 2.86. The first-order valence-electron chi connectivity index (χ1n) is 7.89. The molecule has 6 heteroatoms. The molecule has 0 unspecified atom stereocenters. The summed E-state index contributed by atoms with van der Waals surface area (Å²) < 4.78 is 28.1. The monoisotopic (exact) mass is 393 g/mol. The number of benzene rings is 2. The third-order valence-electron chi connectivity index (χ3n) is 4.10. The van der Waals surface area contributed by atoms with E-state index in [1.54, 1.807) is 12.1 Å². The first-order valence-corrected chi connectivity index (χ1v) is 8.65. The zero-order valence-electron chi connectivity index (χ0n) is 13.9. The van der Waals surface area contributed by atoms with E-state index in [9.17, 15) is 13.6 Å². The molecule has 0 radical (unpaired) electrons. The SMILES string of the molecule is CN1C/C(=C\c2c(F)cccc2Cl)C(=O)/C(=C/c2c(F)cccc2Cl)C1. The van der Waals surface area contributed by atoms with E-state index in [0.717, 1.165) is 0 Å². The van der Waals surface area contributed by atoms with Gasteiger partial charge in [0.05, 0.1) is 10.0 Å². The van der Waals surface area contributed by atoms with Gasteiger partial charge in [0.15, 0.2) is 5.78 Å². The second kappa shape index (κ2) is 7.70. The smallest absolute Gasteiger partial charge is 0.187 e. The molecule has 0 spiro atoms. The summed E-state index contributed by atoms with van der Waals surface area (Å²) in [5.41, 5.74) is 1.08. The van der Waals surface area contributed by atoms with Crippen molar-refractivity contribution in [2.24, 2.45) is 0 Å². The maximum Gasteiger partial charge on any atom is 0.187 e. The van der Waals surface area contributed by atoms with Gasteiger partial charge in [-0.2, -0.15) is 0 Å². The topological polar surface area (TPSA) is 20.3 Å². The first-order chi connectivity index (χ1) is 12.4. The molecular formula is C20H15Cl2F2NO. The van der Waals surface area contributed by atoms with Crippen LogP contribution in [-0.4, -0.2) is 30.8 Å². The normalized spacial score (nSPS) is 18.7. The number of hydrogen-bond acceptors (Lipinski definition) is 2. The molecule has 1 fully saturated rings. The van der Waals surface area contributed by atoms with E-state index in [4.69, 9.17) is 23.2 Å². The lowest BCUT2D eigenvalue weighted by atomic mass is 9.94. The summed E-state index contributed by atoms with van der Waals surface area (Å²) in [5.74, 6) is -1.29. The van der Waals surface area contributed by atoms with Crippen LogP contribution in [-0.2, 0) is 4.79 Å². The fraction of sp³-hybridized carbons (Fsp3) is 0.150. The second-order valence-electron chi connectivity index (χ2n) is 6.11. The molecule has 134 valence electrons. The Bertz CT molecular complexity index is 823. The lowest BCUT2D eigenvalue weighted by Gasteiger charge is -2.26. The van der Waals surface area contributed by atoms with E-state index in [1.807, 2.05) is 11.9 Å². The molecule has 1 aliphatic heterocycles. The number of carbonyl (C=O) groups excluding carboxylic acids is 1. The van der Waals surface area contributed by atoms with Gasteiger partial charge in [-0.25, -0.2) is 8.78 Å². The van der Waals surface area contributed by atoms with Gasteiger partial charge in [0.1, 0.15) is 11.6 Å². The molecule has 0 N–H and O–H groups in total. The van der Waals surface area contributed by atoms with Crippen molar-refractivity contribution in [1.82, 2.24) is 4.90 Å². The Kier molecular flexibility index (Phi) is 5.56. The number of ketones is 1. The van der Waals surface area contributed by atoms with Crippen LogP contribution in [0.2, 0.25) is 10.0 Å². The van der Waals surface area contributed by atoms with Crippen LogP contribution in [0.15, 0.2) is 47.5 Å². The van der Waals surface area contributed by atoms with Gasteiger partial charge in [-0.1, -0.05) is 35.3 Å². The van der Waals surface area contributed by atoms with Crippen LogP contribution in [0, 0.1) is 11.6 Å². The van der Waals surface area contributed by atoms with Crippen molar-refractivity contribution in [3.05, 3.63) is 80.4 Å². The van der Waals surface area contributed by atoms with Crippen LogP contribution in [0.1, 0.15) is 11.1 Å². The summed E-state index contributed by atoms with van der Waals surface area (Å²) in [5, 5.41) is 0.447. The molecule has 0 amide bonds. The number of rotatable bonds is 2. The highest BCUT2D eigenvalue weighted by Gasteiger charge is 2.25. The summed E-state index contributed by atoms with van der Waals surface area (Å²) in [6, 6.07) is 8.68. The Balaban J connectivity index is 2.04. The van der Waals surface area contributed by atoms with E-state index < -0.39 is 11.6 Å². The third kappa shape index (κ3) is 3.88. The van der Waals surface area contributed by atoms with Crippen LogP contribution >= 0.6 is 23.2 Å². The van der Waals surface area contributed by atoms with Gasteiger partial charge in [-0.3, -0.25) is 9.69 Å². The van der Waals surface area contributed by atoms with Gasteiger partial charge in [0.2, 0.25) is 0 Å². The van der Waals surface area contributed by atoms with E-state index in [-0.39, 0.29) is 27.0 Å². The third-order valence-corrected chi connectivity index (χ3v) is 4.76. The zero-order chi connectivity index (χ0) is 18.8. The van der Waals surface area contributed by atoms with Crippen LogP contribution in [0.25, 0.3) is 12.2 Å². The van der Waals surface area contributed by atoms with Gasteiger partial charge in [-0.05, 0) is 43.5 Å². The predicted molar refractivity (Wildman–Crippen MR) is 101 cm³/mol. The molecule has 1 aliphatic rings. The molecule has 0 bridgehead atoms. The van der Waals surface area contributed by atoms with E-state index in [1.165, 1.54) is 36.4 Å². The van der Waals surface area contributed by atoms with E-state index in [0.29, 0.717) is 24.2 Å². The largest absolute Gasteiger partial charge is 0.298 e. The Labute approximate surface area is 160 Å². The molecular weight excluding hydrogens is 379 g/mol. The lowest BCUT2D eigenvalue weighted by Crippen LogP contribution is -2.34. The summed E-state index contributed by atoms with van der Waals surface area (Å²) >= 11 is 12.1. The summed E-state index contributed by atoms with van der Waals surface area (Å²) in [4.78, 5) is 14.7. The number of Topliss-reactive ketones (excluding diaryl/α,β-unsaturated/α-hetero) is 1. The van der Waals surface area contributed by atoms with Gasteiger partial charge in [0, 0.05) is 35.4 Å². The second-order valence-corrected chi connectivity index (χ2v) is 6.93. The van der Waals surface area contributed by atoms with Gasteiger partial charge in [-0.15, -0.1) is 0 Å². The molecule has 1 saturated heterocycles. The highest BCUT2D eigenvalue weighted by molar-refractivity contribution is 6.33. The lowest BCUT2D eigenvalue weighted by molar-refractivity contribution is -0.113. The molecule has 26 heavy (non-hydrogen) atoms. The van der Waals surface area contributed by atoms with Crippen molar-refractivity contribution in [2.45, 2.75) is 0 Å². The Morgan fingerprint density at radius 2 is 1.31 bits per heavy atom. The van der Waals surface area contributed by atoms with Crippen LogP contribution in [0.5, 0.6) is 0 Å². The maximum atomic E-state index is 14.0. The van der Waals surface area contributed by atoms with Crippen LogP contribution < -0.4 is 0 Å². The van der Waals surface area contributed by atoms with Crippen molar-refractivity contribution in [3.8, 4) is 0 Å². The van der Waals surface area contributed by atoms with Crippen molar-refractivity contribution < 1.29 is 13.6 Å². The standard InChI is InChI=1S/C20H15Cl2F2NO/c1-25-10-12(8-14-16(21)4-2-6-18(14)23)20(26)13(11-25)9-15-17(22)5-3-7-19(15)24/h2-9H,10-11H2,1H3/b12-8+,13-9+. The van der Waals surface area contributed by atoms with Crippen molar-refractivity contribution in [2.75, 3.05) is 20.1 Å². The fourth-order valence-corrected chi connectivity index (χ4v) is 3.29. The number of nitrogens with zero attached hydrogens (tertiary/aromatic N) is 1. The average Bonchev–Trinajstić information content (AvgIpc) is 2.58. The maximum absolute atomic E-state index is 14.0. The first kappa shape index (κ1) is 18.8. The number of likely N-dealkylation sites (N-methyl/N-ethyl adjacent to an activating group) is 1. The number of likely N-dealkylation sites (tertiary alicyclic amines) is 1. The average molecular weight is 394 g/mol. The molecule has 3 rings (SSSR count). The zero-order valence-corrected chi connectivity index (χ0v) is 15.4.